The summed E-state index contributed by atoms with van der Waals surface area (Å²) in [7, 11) is 0. The monoisotopic (exact) mass is 467 g/mol. The van der Waals surface area contributed by atoms with Crippen molar-refractivity contribution in [1.29, 1.82) is 0 Å². The van der Waals surface area contributed by atoms with Crippen LogP contribution >= 0.6 is 0 Å². The number of carbonyl (C=O) groups is 1. The summed E-state index contributed by atoms with van der Waals surface area (Å²) in [6.45, 7) is 7.24. The van der Waals surface area contributed by atoms with Gasteiger partial charge in [0, 0.05) is 18.3 Å². The number of anilines is 1. The Morgan fingerprint density at radius 3 is 2.37 bits per heavy atom. The molecule has 2 atom stereocenters. The maximum atomic E-state index is 13.9. The number of nitrogens with one attached hydrogen (secondary N) is 1. The van der Waals surface area contributed by atoms with Crippen molar-refractivity contribution in [2.24, 2.45) is 5.73 Å². The highest BCUT2D eigenvalue weighted by atomic mass is 16.2. The Kier molecular flexibility index (Phi) is 6.66. The first-order valence-corrected chi connectivity index (χ1v) is 13.0. The van der Waals surface area contributed by atoms with E-state index in [-0.39, 0.29) is 11.9 Å². The molecule has 3 N–H and O–H groups in total. The zero-order valence-electron chi connectivity index (χ0n) is 21.2. The van der Waals surface area contributed by atoms with Gasteiger partial charge in [-0.1, -0.05) is 60.2 Å². The minimum absolute atomic E-state index is 0.0771. The van der Waals surface area contributed by atoms with Gasteiger partial charge in [0.05, 0.1) is 12.1 Å². The molecule has 5 rings (SSSR count). The number of nitrogens with zero attached hydrogens (tertiary/aromatic N) is 1. The Morgan fingerprint density at radius 2 is 1.69 bits per heavy atom. The quantitative estimate of drug-likeness (QED) is 0.474. The van der Waals surface area contributed by atoms with Crippen LogP contribution in [0.3, 0.4) is 0 Å². The molecule has 35 heavy (non-hydrogen) atoms. The first kappa shape index (κ1) is 23.6. The van der Waals surface area contributed by atoms with E-state index in [2.05, 4.69) is 91.7 Å². The fraction of sp³-hybridized carbons (Fsp3) is 0.387. The number of carbonyl (C=O) groups excluding carboxylic acids is 1. The third kappa shape index (κ3) is 5.13. The molecule has 1 unspecified atom stereocenters. The van der Waals surface area contributed by atoms with Gasteiger partial charge < -0.3 is 16.0 Å². The summed E-state index contributed by atoms with van der Waals surface area (Å²) in [5, 5.41) is 3.56. The highest BCUT2D eigenvalue weighted by Crippen LogP contribution is 2.41. The molecule has 3 aromatic rings. The predicted molar refractivity (Wildman–Crippen MR) is 144 cm³/mol. The molecule has 182 valence electrons. The number of rotatable bonds is 7. The lowest BCUT2D eigenvalue weighted by Crippen LogP contribution is -2.48. The summed E-state index contributed by atoms with van der Waals surface area (Å²) in [5.41, 5.74) is 16.5. The lowest BCUT2D eigenvalue weighted by Gasteiger charge is -2.38. The van der Waals surface area contributed by atoms with Crippen molar-refractivity contribution in [2.45, 2.75) is 71.0 Å². The Hall–Kier alpha value is -3.11. The van der Waals surface area contributed by atoms with E-state index in [1.165, 1.54) is 38.9 Å². The molecular weight excluding hydrogens is 430 g/mol. The van der Waals surface area contributed by atoms with E-state index in [4.69, 9.17) is 5.73 Å². The van der Waals surface area contributed by atoms with Gasteiger partial charge in [0.15, 0.2) is 0 Å². The van der Waals surface area contributed by atoms with Gasteiger partial charge >= 0.3 is 0 Å². The van der Waals surface area contributed by atoms with Gasteiger partial charge in [0.2, 0.25) is 5.91 Å². The first-order valence-electron chi connectivity index (χ1n) is 13.0. The van der Waals surface area contributed by atoms with Crippen molar-refractivity contribution in [3.63, 3.8) is 0 Å². The largest absolute Gasteiger partial charge is 0.385 e. The molecule has 1 fully saturated rings. The molecule has 4 nitrogen and oxygen atoms in total. The van der Waals surface area contributed by atoms with Gasteiger partial charge in [-0.25, -0.2) is 0 Å². The second-order valence-electron chi connectivity index (χ2n) is 10.5. The summed E-state index contributed by atoms with van der Waals surface area (Å²) in [4.78, 5) is 16.0. The third-order valence-corrected chi connectivity index (χ3v) is 7.57. The predicted octanol–water partition coefficient (Wildman–Crippen LogP) is 5.62. The fourth-order valence-corrected chi connectivity index (χ4v) is 5.75. The number of nitrogens with two attached hydrogens (primary N) is 1. The van der Waals surface area contributed by atoms with Crippen molar-refractivity contribution < 1.29 is 4.79 Å². The van der Waals surface area contributed by atoms with Crippen molar-refractivity contribution >= 4 is 11.6 Å². The van der Waals surface area contributed by atoms with Crippen LogP contribution in [0.5, 0.6) is 0 Å². The van der Waals surface area contributed by atoms with Gasteiger partial charge in [-0.3, -0.25) is 4.79 Å². The normalized spacial score (nSPS) is 17.9. The van der Waals surface area contributed by atoms with E-state index in [1.54, 1.807) is 0 Å². The van der Waals surface area contributed by atoms with E-state index in [1.807, 2.05) is 0 Å². The molecular formula is C31H37N3O. The Morgan fingerprint density at radius 1 is 0.971 bits per heavy atom. The van der Waals surface area contributed by atoms with Crippen LogP contribution in [0.25, 0.3) is 0 Å². The van der Waals surface area contributed by atoms with Crippen molar-refractivity contribution in [1.82, 2.24) is 4.90 Å². The minimum atomic E-state index is -0.526. The average molecular weight is 468 g/mol. The lowest BCUT2D eigenvalue weighted by atomic mass is 9.91. The topological polar surface area (TPSA) is 58.4 Å². The van der Waals surface area contributed by atoms with E-state index >= 15 is 0 Å². The number of aryl methyl sites for hydroxylation is 3. The molecule has 0 bridgehead atoms. The Balaban J connectivity index is 1.41. The molecule has 4 heteroatoms. The first-order chi connectivity index (χ1) is 16.9. The van der Waals surface area contributed by atoms with Crippen LogP contribution in [0.1, 0.15) is 64.2 Å². The summed E-state index contributed by atoms with van der Waals surface area (Å²) < 4.78 is 0. The van der Waals surface area contributed by atoms with Crippen molar-refractivity contribution in [3.05, 3.63) is 99.6 Å². The molecule has 1 aliphatic carbocycles. The van der Waals surface area contributed by atoms with Crippen molar-refractivity contribution in [2.75, 3.05) is 11.9 Å². The minimum Gasteiger partial charge on any atom is -0.385 e. The van der Waals surface area contributed by atoms with Gasteiger partial charge in [0.1, 0.15) is 0 Å². The smallest absolute Gasteiger partial charge is 0.240 e. The summed E-state index contributed by atoms with van der Waals surface area (Å²) in [5.74, 6) is 0.0955. The number of hydrogen-bond acceptors (Lipinski definition) is 3. The number of amides is 1. The highest BCUT2D eigenvalue weighted by Gasteiger charge is 2.41. The molecule has 3 aromatic carbocycles. The third-order valence-electron chi connectivity index (χ3n) is 7.57. The second kappa shape index (κ2) is 9.87. The maximum Gasteiger partial charge on any atom is 0.240 e. The van der Waals surface area contributed by atoms with Crippen LogP contribution in [-0.2, 0) is 17.6 Å². The van der Waals surface area contributed by atoms with Gasteiger partial charge in [-0.2, -0.15) is 0 Å². The number of fused-ring (bicyclic) bond motifs is 1. The average Bonchev–Trinajstić information content (AvgIpc) is 3.67. The molecule has 1 amide bonds. The zero-order chi connectivity index (χ0) is 24.5. The van der Waals surface area contributed by atoms with Gasteiger partial charge in [-0.15, -0.1) is 0 Å². The van der Waals surface area contributed by atoms with Gasteiger partial charge in [-0.05, 0) is 92.3 Å². The molecule has 1 aliphatic heterocycles. The second-order valence-corrected chi connectivity index (χ2v) is 10.5. The number of benzene rings is 3. The van der Waals surface area contributed by atoms with E-state index in [9.17, 15) is 4.79 Å². The van der Waals surface area contributed by atoms with Crippen molar-refractivity contribution in [3.8, 4) is 0 Å². The summed E-state index contributed by atoms with van der Waals surface area (Å²) >= 11 is 0. The van der Waals surface area contributed by atoms with E-state index in [0.29, 0.717) is 12.5 Å². The molecule has 0 spiro atoms. The van der Waals surface area contributed by atoms with Crippen LogP contribution in [-0.4, -0.2) is 29.4 Å². The van der Waals surface area contributed by atoms with E-state index < -0.39 is 6.04 Å². The lowest BCUT2D eigenvalue weighted by molar-refractivity contribution is -0.136. The number of hydrogen-bond donors (Lipinski definition) is 2. The van der Waals surface area contributed by atoms with Crippen LogP contribution in [0.15, 0.2) is 60.7 Å². The molecule has 2 aliphatic rings. The molecule has 0 radical (unpaired) electrons. The Labute approximate surface area is 209 Å². The van der Waals surface area contributed by atoms with Gasteiger partial charge in [0.25, 0.3) is 0 Å². The standard InChI is InChI=1S/C31H37N3O/c1-20-15-21(2)26(22(3)16-20)19-28(32)31(35)34(25-10-11-25)30-13-14-33-29-12-9-24(18-27(29)30)17-23-7-5-4-6-8-23/h4-9,12,15-16,18,25,28,30,33H,10-11,13-14,17,19,32H2,1-3H3/t28-,30?/m0/s1. The highest BCUT2D eigenvalue weighted by molar-refractivity contribution is 5.83. The molecule has 0 saturated heterocycles. The van der Waals surface area contributed by atoms with E-state index in [0.717, 1.165) is 37.9 Å². The molecule has 1 saturated carbocycles. The summed E-state index contributed by atoms with van der Waals surface area (Å²) in [6, 6.07) is 21.5. The van der Waals surface area contributed by atoms with Crippen LogP contribution in [0.2, 0.25) is 0 Å². The Bertz CT molecular complexity index is 1190. The molecule has 0 aromatic heterocycles. The molecule has 1 heterocycles. The SMILES string of the molecule is Cc1cc(C)c(C[C@H](N)C(=O)N(C2CC2)C2CCNc3ccc(Cc4ccccc4)cc32)c(C)c1. The van der Waals surface area contributed by atoms with Crippen LogP contribution in [0, 0.1) is 20.8 Å². The summed E-state index contributed by atoms with van der Waals surface area (Å²) in [6.07, 6.45) is 4.54. The maximum absolute atomic E-state index is 13.9. The van der Waals surface area contributed by atoms with Crippen LogP contribution in [0.4, 0.5) is 5.69 Å². The fourth-order valence-electron chi connectivity index (χ4n) is 5.75. The zero-order valence-corrected chi connectivity index (χ0v) is 21.2. The van der Waals surface area contributed by atoms with Crippen LogP contribution < -0.4 is 11.1 Å².